The van der Waals surface area contributed by atoms with Crippen LogP contribution in [-0.2, 0) is 16.1 Å². The van der Waals surface area contributed by atoms with Gasteiger partial charge in [0.1, 0.15) is 23.9 Å². The Morgan fingerprint density at radius 1 is 1.19 bits per heavy atom. The summed E-state index contributed by atoms with van der Waals surface area (Å²) in [5.41, 5.74) is 5.84. The molecule has 0 aliphatic carbocycles. The quantitative estimate of drug-likeness (QED) is 0.412. The monoisotopic (exact) mass is 352 g/mol. The summed E-state index contributed by atoms with van der Waals surface area (Å²) < 4.78 is 7.31. The van der Waals surface area contributed by atoms with Crippen molar-refractivity contribution in [2.24, 2.45) is 5.84 Å². The van der Waals surface area contributed by atoms with E-state index in [0.717, 1.165) is 41.1 Å². The zero-order valence-corrected chi connectivity index (χ0v) is 14.3. The standard InChI is InChI=1S/C18H20N6O2/c19-22-15(25)11-24-10-14(13-4-2-1-3-5-13)16-17(24)18(21-12-20-16)23-6-8-26-9-7-23/h1-5,10,12H,6-9,11,19H2,(H,22,25). The molecule has 0 saturated carbocycles. The van der Waals surface area contributed by atoms with E-state index in [2.05, 4.69) is 20.3 Å². The number of fused-ring (bicyclic) bond motifs is 1. The van der Waals surface area contributed by atoms with E-state index < -0.39 is 0 Å². The molecule has 26 heavy (non-hydrogen) atoms. The predicted molar refractivity (Wildman–Crippen MR) is 98.3 cm³/mol. The first-order valence-electron chi connectivity index (χ1n) is 8.49. The van der Waals surface area contributed by atoms with E-state index in [4.69, 9.17) is 10.6 Å². The summed E-state index contributed by atoms with van der Waals surface area (Å²) in [4.78, 5) is 23.1. The van der Waals surface area contributed by atoms with Crippen LogP contribution in [0.25, 0.3) is 22.2 Å². The molecule has 1 aliphatic rings. The van der Waals surface area contributed by atoms with Crippen molar-refractivity contribution in [1.29, 1.82) is 0 Å². The smallest absolute Gasteiger partial charge is 0.253 e. The number of anilines is 1. The van der Waals surface area contributed by atoms with Crippen LogP contribution in [0.1, 0.15) is 0 Å². The second-order valence-electron chi connectivity index (χ2n) is 6.10. The van der Waals surface area contributed by atoms with Crippen LogP contribution in [-0.4, -0.2) is 46.7 Å². The normalized spacial score (nSPS) is 14.6. The highest BCUT2D eigenvalue weighted by molar-refractivity contribution is 5.99. The van der Waals surface area contributed by atoms with Crippen LogP contribution in [0.15, 0.2) is 42.9 Å². The lowest BCUT2D eigenvalue weighted by Gasteiger charge is -2.28. The zero-order valence-electron chi connectivity index (χ0n) is 14.3. The van der Waals surface area contributed by atoms with Gasteiger partial charge < -0.3 is 14.2 Å². The molecule has 3 heterocycles. The highest BCUT2D eigenvalue weighted by Crippen LogP contribution is 2.33. The van der Waals surface area contributed by atoms with E-state index in [1.54, 1.807) is 6.33 Å². The first-order valence-corrected chi connectivity index (χ1v) is 8.49. The van der Waals surface area contributed by atoms with Crippen LogP contribution in [0.4, 0.5) is 5.82 Å². The van der Waals surface area contributed by atoms with Crippen molar-refractivity contribution in [3.05, 3.63) is 42.9 Å². The highest BCUT2D eigenvalue weighted by Gasteiger charge is 2.22. The van der Waals surface area contributed by atoms with Crippen molar-refractivity contribution in [1.82, 2.24) is 20.0 Å². The molecule has 8 heteroatoms. The van der Waals surface area contributed by atoms with Crippen molar-refractivity contribution in [3.8, 4) is 11.1 Å². The molecule has 3 aromatic rings. The van der Waals surface area contributed by atoms with Gasteiger partial charge in [-0.15, -0.1) is 0 Å². The number of rotatable bonds is 4. The maximum absolute atomic E-state index is 11.9. The van der Waals surface area contributed by atoms with Crippen LogP contribution in [0.5, 0.6) is 0 Å². The van der Waals surface area contributed by atoms with Gasteiger partial charge in [-0.3, -0.25) is 10.2 Å². The Balaban J connectivity index is 1.90. The number of hydrogen-bond acceptors (Lipinski definition) is 6. The molecule has 134 valence electrons. The Hall–Kier alpha value is -2.97. The lowest BCUT2D eigenvalue weighted by molar-refractivity contribution is -0.121. The van der Waals surface area contributed by atoms with Crippen LogP contribution >= 0.6 is 0 Å². The van der Waals surface area contributed by atoms with Gasteiger partial charge >= 0.3 is 0 Å². The second kappa shape index (κ2) is 7.11. The molecular formula is C18H20N6O2. The molecule has 1 aliphatic heterocycles. The van der Waals surface area contributed by atoms with Gasteiger partial charge in [0, 0.05) is 24.8 Å². The molecule has 1 saturated heterocycles. The van der Waals surface area contributed by atoms with E-state index >= 15 is 0 Å². The van der Waals surface area contributed by atoms with Gasteiger partial charge in [-0.25, -0.2) is 15.8 Å². The van der Waals surface area contributed by atoms with Gasteiger partial charge in [0.25, 0.3) is 5.91 Å². The third-order valence-corrected chi connectivity index (χ3v) is 4.50. The van der Waals surface area contributed by atoms with Gasteiger partial charge in [0.05, 0.1) is 13.2 Å². The molecule has 2 aromatic heterocycles. The molecule has 0 bridgehead atoms. The molecule has 4 rings (SSSR count). The van der Waals surface area contributed by atoms with Crippen LogP contribution < -0.4 is 16.2 Å². The van der Waals surface area contributed by atoms with Crippen molar-refractivity contribution in [2.75, 3.05) is 31.2 Å². The van der Waals surface area contributed by atoms with Gasteiger partial charge in [0.2, 0.25) is 0 Å². The van der Waals surface area contributed by atoms with Crippen LogP contribution in [0.3, 0.4) is 0 Å². The highest BCUT2D eigenvalue weighted by atomic mass is 16.5. The Labute approximate surface area is 150 Å². The van der Waals surface area contributed by atoms with Crippen molar-refractivity contribution < 1.29 is 9.53 Å². The van der Waals surface area contributed by atoms with Crippen molar-refractivity contribution in [2.45, 2.75) is 6.54 Å². The van der Waals surface area contributed by atoms with Crippen molar-refractivity contribution >= 4 is 22.8 Å². The van der Waals surface area contributed by atoms with Gasteiger partial charge in [-0.05, 0) is 5.56 Å². The lowest BCUT2D eigenvalue weighted by atomic mass is 10.1. The number of nitrogens with one attached hydrogen (secondary N) is 1. The third kappa shape index (κ3) is 3.00. The Morgan fingerprint density at radius 2 is 1.96 bits per heavy atom. The van der Waals surface area contributed by atoms with Crippen LogP contribution in [0.2, 0.25) is 0 Å². The lowest BCUT2D eigenvalue weighted by Crippen LogP contribution is -2.37. The summed E-state index contributed by atoms with van der Waals surface area (Å²) in [5.74, 6) is 5.82. The topological polar surface area (TPSA) is 98.3 Å². The maximum Gasteiger partial charge on any atom is 0.253 e. The molecular weight excluding hydrogens is 332 g/mol. The SMILES string of the molecule is NNC(=O)Cn1cc(-c2ccccc2)c2ncnc(N3CCOCC3)c21. The molecule has 1 fully saturated rings. The molecule has 3 N–H and O–H groups in total. The maximum atomic E-state index is 11.9. The Morgan fingerprint density at radius 3 is 2.69 bits per heavy atom. The first kappa shape index (κ1) is 16.5. The largest absolute Gasteiger partial charge is 0.378 e. The summed E-state index contributed by atoms with van der Waals surface area (Å²) in [7, 11) is 0. The number of hydrogen-bond donors (Lipinski definition) is 2. The third-order valence-electron chi connectivity index (χ3n) is 4.50. The summed E-state index contributed by atoms with van der Waals surface area (Å²) in [6.45, 7) is 2.91. The number of ether oxygens (including phenoxy) is 1. The van der Waals surface area contributed by atoms with Gasteiger partial charge in [0.15, 0.2) is 5.82 Å². The molecule has 0 radical (unpaired) electrons. The number of nitrogens with zero attached hydrogens (tertiary/aromatic N) is 4. The van der Waals surface area contributed by atoms with E-state index in [0.29, 0.717) is 13.2 Å². The first-order chi connectivity index (χ1) is 12.8. The average Bonchev–Trinajstić information content (AvgIpc) is 3.08. The number of carbonyl (C=O) groups is 1. The molecule has 1 aromatic carbocycles. The zero-order chi connectivity index (χ0) is 17.9. The van der Waals surface area contributed by atoms with Crippen LogP contribution in [0, 0.1) is 0 Å². The fraction of sp³-hybridized carbons (Fsp3) is 0.278. The number of carbonyl (C=O) groups excluding carboxylic acids is 1. The summed E-state index contributed by atoms with van der Waals surface area (Å²) in [5, 5.41) is 0. The van der Waals surface area contributed by atoms with E-state index in [1.165, 1.54) is 0 Å². The predicted octanol–water partition coefficient (Wildman–Crippen LogP) is 0.925. The van der Waals surface area contributed by atoms with Crippen molar-refractivity contribution in [3.63, 3.8) is 0 Å². The minimum absolute atomic E-state index is 0.102. The number of nitrogens with two attached hydrogens (primary N) is 1. The minimum atomic E-state index is -0.279. The second-order valence-corrected chi connectivity index (χ2v) is 6.10. The number of aromatic nitrogens is 3. The molecule has 1 amide bonds. The van der Waals surface area contributed by atoms with Gasteiger partial charge in [-0.2, -0.15) is 0 Å². The van der Waals surface area contributed by atoms with Gasteiger partial charge in [-0.1, -0.05) is 30.3 Å². The molecule has 0 atom stereocenters. The Bertz CT molecular complexity index is 918. The molecule has 0 spiro atoms. The van der Waals surface area contributed by atoms with E-state index in [9.17, 15) is 4.79 Å². The summed E-state index contributed by atoms with van der Waals surface area (Å²) in [6, 6.07) is 9.99. The minimum Gasteiger partial charge on any atom is -0.378 e. The molecule has 8 nitrogen and oxygen atoms in total. The fourth-order valence-corrected chi connectivity index (χ4v) is 3.27. The number of benzene rings is 1. The average molecular weight is 352 g/mol. The summed E-state index contributed by atoms with van der Waals surface area (Å²) >= 11 is 0. The number of hydrazine groups is 1. The molecule has 0 unspecified atom stereocenters. The fourth-order valence-electron chi connectivity index (χ4n) is 3.27. The van der Waals surface area contributed by atoms with E-state index in [-0.39, 0.29) is 12.5 Å². The Kier molecular flexibility index (Phi) is 4.51. The summed E-state index contributed by atoms with van der Waals surface area (Å²) in [6.07, 6.45) is 3.51. The van der Waals surface area contributed by atoms with E-state index in [1.807, 2.05) is 41.1 Å². The number of morpholine rings is 1. The number of amides is 1.